The number of nitrogens with one attached hydrogen (secondary N) is 1. The lowest BCUT2D eigenvalue weighted by Gasteiger charge is -2.13. The predicted molar refractivity (Wildman–Crippen MR) is 103 cm³/mol. The summed E-state index contributed by atoms with van der Waals surface area (Å²) >= 11 is 0. The highest BCUT2D eigenvalue weighted by atomic mass is 16.6. The van der Waals surface area contributed by atoms with E-state index in [-0.39, 0.29) is 11.3 Å². The molecule has 148 valence electrons. The van der Waals surface area contributed by atoms with Crippen LogP contribution >= 0.6 is 0 Å². The molecule has 0 saturated heterocycles. The molecule has 0 radical (unpaired) electrons. The van der Waals surface area contributed by atoms with Crippen LogP contribution in [0.2, 0.25) is 0 Å². The van der Waals surface area contributed by atoms with E-state index in [1.807, 2.05) is 43.3 Å². The van der Waals surface area contributed by atoms with Gasteiger partial charge in [-0.1, -0.05) is 12.1 Å². The predicted octanol–water partition coefficient (Wildman–Crippen LogP) is 2.14. The average molecular weight is 387 g/mol. The monoisotopic (exact) mass is 387 g/mol. The van der Waals surface area contributed by atoms with Gasteiger partial charge in [-0.05, 0) is 29.8 Å². The Hall–Kier alpha value is -3.62. The van der Waals surface area contributed by atoms with Gasteiger partial charge >= 0.3 is 11.7 Å². The van der Waals surface area contributed by atoms with Crippen molar-refractivity contribution in [3.05, 3.63) is 63.7 Å². The first kappa shape index (κ1) is 20.7. The van der Waals surface area contributed by atoms with E-state index in [4.69, 9.17) is 4.74 Å². The van der Waals surface area contributed by atoms with Crippen molar-refractivity contribution < 1.29 is 24.0 Å². The topological polar surface area (TPSA) is 111 Å². The van der Waals surface area contributed by atoms with Gasteiger partial charge in [-0.2, -0.15) is 0 Å². The number of nitro benzene ring substituents is 1. The summed E-state index contributed by atoms with van der Waals surface area (Å²) in [5.41, 5.74) is 1.55. The van der Waals surface area contributed by atoms with E-state index in [0.717, 1.165) is 17.3 Å². The highest BCUT2D eigenvalue weighted by Gasteiger charge is 2.20. The van der Waals surface area contributed by atoms with E-state index in [0.29, 0.717) is 6.54 Å². The number of esters is 1. The van der Waals surface area contributed by atoms with Crippen molar-refractivity contribution in [1.29, 1.82) is 0 Å². The van der Waals surface area contributed by atoms with Crippen molar-refractivity contribution >= 4 is 23.3 Å². The number of hydrogen-bond donors (Lipinski definition) is 1. The third-order valence-corrected chi connectivity index (χ3v) is 3.88. The number of anilines is 1. The molecule has 28 heavy (non-hydrogen) atoms. The number of rotatable bonds is 8. The summed E-state index contributed by atoms with van der Waals surface area (Å²) in [4.78, 5) is 35.9. The Balaban J connectivity index is 1.94. The molecule has 0 spiro atoms. The van der Waals surface area contributed by atoms with E-state index < -0.39 is 29.1 Å². The fourth-order valence-electron chi connectivity index (χ4n) is 2.33. The molecule has 2 rings (SSSR count). The zero-order valence-electron chi connectivity index (χ0n) is 15.8. The summed E-state index contributed by atoms with van der Waals surface area (Å²) in [7, 11) is 5.05. The number of benzene rings is 2. The molecule has 1 amide bonds. The maximum Gasteiger partial charge on any atom is 0.338 e. The number of nitro groups is 1. The molecular formula is C19H21N3O6. The lowest BCUT2D eigenvalue weighted by atomic mass is 10.2. The molecule has 0 aliphatic rings. The van der Waals surface area contributed by atoms with Crippen LogP contribution in [0.1, 0.15) is 15.9 Å². The molecule has 0 aliphatic heterocycles. The third-order valence-electron chi connectivity index (χ3n) is 3.88. The fraction of sp³-hybridized carbons (Fsp3) is 0.263. The van der Waals surface area contributed by atoms with Crippen molar-refractivity contribution in [1.82, 2.24) is 5.32 Å². The molecular weight excluding hydrogens is 366 g/mol. The van der Waals surface area contributed by atoms with E-state index in [2.05, 4.69) is 10.1 Å². The van der Waals surface area contributed by atoms with Crippen LogP contribution in [0.5, 0.6) is 5.75 Å². The number of hydrogen-bond acceptors (Lipinski definition) is 7. The quantitative estimate of drug-likeness (QED) is 0.420. The first-order valence-corrected chi connectivity index (χ1v) is 8.34. The smallest absolute Gasteiger partial charge is 0.338 e. The normalized spacial score (nSPS) is 10.1. The van der Waals surface area contributed by atoms with E-state index in [1.165, 1.54) is 19.2 Å². The number of ether oxygens (including phenoxy) is 2. The van der Waals surface area contributed by atoms with Crippen LogP contribution in [-0.2, 0) is 16.1 Å². The Morgan fingerprint density at radius 3 is 2.39 bits per heavy atom. The molecule has 0 aliphatic carbocycles. The van der Waals surface area contributed by atoms with Gasteiger partial charge in [0.15, 0.2) is 12.4 Å². The van der Waals surface area contributed by atoms with Crippen molar-refractivity contribution in [2.24, 2.45) is 0 Å². The SMILES string of the molecule is COC(=O)c1ccc(OCC(=O)NCc2ccc(N(C)C)cc2)c([N+](=O)[O-])c1. The van der Waals surface area contributed by atoms with Crippen LogP contribution in [-0.4, -0.2) is 44.6 Å². The second-order valence-electron chi connectivity index (χ2n) is 6.06. The minimum absolute atomic E-state index is 0.0205. The second-order valence-corrected chi connectivity index (χ2v) is 6.06. The lowest BCUT2D eigenvalue weighted by molar-refractivity contribution is -0.385. The first-order chi connectivity index (χ1) is 13.3. The third kappa shape index (κ3) is 5.44. The molecule has 9 nitrogen and oxygen atoms in total. The summed E-state index contributed by atoms with van der Waals surface area (Å²) in [6, 6.07) is 11.3. The van der Waals surface area contributed by atoms with E-state index >= 15 is 0 Å². The summed E-state index contributed by atoms with van der Waals surface area (Å²) in [6.07, 6.45) is 0. The van der Waals surface area contributed by atoms with Crippen molar-refractivity contribution in [3.63, 3.8) is 0 Å². The minimum Gasteiger partial charge on any atom is -0.477 e. The lowest BCUT2D eigenvalue weighted by Crippen LogP contribution is -2.28. The molecule has 2 aromatic carbocycles. The van der Waals surface area contributed by atoms with Crippen molar-refractivity contribution in [3.8, 4) is 5.75 Å². The van der Waals surface area contributed by atoms with Crippen LogP contribution in [0.3, 0.4) is 0 Å². The Bertz CT molecular complexity index is 864. The maximum absolute atomic E-state index is 12.0. The second kappa shape index (κ2) is 9.36. The van der Waals surface area contributed by atoms with Gasteiger partial charge in [0.2, 0.25) is 0 Å². The highest BCUT2D eigenvalue weighted by molar-refractivity contribution is 5.90. The molecule has 0 fully saturated rings. The van der Waals surface area contributed by atoms with Gasteiger partial charge in [-0.3, -0.25) is 14.9 Å². The van der Waals surface area contributed by atoms with Gasteiger partial charge in [0.25, 0.3) is 5.91 Å². The van der Waals surface area contributed by atoms with Gasteiger partial charge in [0, 0.05) is 32.4 Å². The Labute approximate surface area is 162 Å². The number of amides is 1. The molecule has 0 heterocycles. The van der Waals surface area contributed by atoms with Gasteiger partial charge in [-0.15, -0.1) is 0 Å². The zero-order chi connectivity index (χ0) is 20.7. The largest absolute Gasteiger partial charge is 0.477 e. The van der Waals surface area contributed by atoms with E-state index in [9.17, 15) is 19.7 Å². The molecule has 0 aromatic heterocycles. The molecule has 0 atom stereocenters. The Kier molecular flexibility index (Phi) is 6.91. The molecule has 0 unspecified atom stereocenters. The first-order valence-electron chi connectivity index (χ1n) is 8.34. The van der Waals surface area contributed by atoms with Crippen molar-refractivity contribution in [2.45, 2.75) is 6.54 Å². The van der Waals surface area contributed by atoms with Crippen molar-refractivity contribution in [2.75, 3.05) is 32.7 Å². The number of carbonyl (C=O) groups is 2. The molecule has 9 heteroatoms. The van der Waals surface area contributed by atoms with Crippen LogP contribution in [0.4, 0.5) is 11.4 Å². The summed E-state index contributed by atoms with van der Waals surface area (Å²) in [5, 5.41) is 13.9. The van der Waals surface area contributed by atoms with Crippen LogP contribution in [0.25, 0.3) is 0 Å². The number of carbonyl (C=O) groups excluding carboxylic acids is 2. The summed E-state index contributed by atoms with van der Waals surface area (Å²) < 4.78 is 9.79. The Morgan fingerprint density at radius 2 is 1.82 bits per heavy atom. The van der Waals surface area contributed by atoms with Gasteiger partial charge < -0.3 is 19.7 Å². The molecule has 1 N–H and O–H groups in total. The fourth-order valence-corrected chi connectivity index (χ4v) is 2.33. The Morgan fingerprint density at radius 1 is 1.14 bits per heavy atom. The summed E-state index contributed by atoms with van der Waals surface area (Å²) in [5.74, 6) is -1.24. The molecule has 2 aromatic rings. The number of methoxy groups -OCH3 is 1. The summed E-state index contributed by atoms with van der Waals surface area (Å²) in [6.45, 7) is -0.0898. The maximum atomic E-state index is 12.0. The van der Waals surface area contributed by atoms with E-state index in [1.54, 1.807) is 0 Å². The minimum atomic E-state index is -0.701. The molecule has 0 bridgehead atoms. The highest BCUT2D eigenvalue weighted by Crippen LogP contribution is 2.28. The average Bonchev–Trinajstić information content (AvgIpc) is 2.70. The number of nitrogens with zero attached hydrogens (tertiary/aromatic N) is 2. The van der Waals surface area contributed by atoms with Crippen LogP contribution in [0.15, 0.2) is 42.5 Å². The molecule has 0 saturated carbocycles. The zero-order valence-corrected chi connectivity index (χ0v) is 15.8. The standard InChI is InChI=1S/C19H21N3O6/c1-21(2)15-7-4-13(5-8-15)11-20-18(23)12-28-17-9-6-14(19(24)27-3)10-16(17)22(25)26/h4-10H,11-12H2,1-3H3,(H,20,23). The van der Waals surface area contributed by atoms with Gasteiger partial charge in [0.1, 0.15) is 0 Å². The van der Waals surface area contributed by atoms with Gasteiger partial charge in [-0.25, -0.2) is 4.79 Å². The van der Waals surface area contributed by atoms with Gasteiger partial charge in [0.05, 0.1) is 17.6 Å². The van der Waals surface area contributed by atoms with Crippen LogP contribution < -0.4 is 15.0 Å². The van der Waals surface area contributed by atoms with Crippen LogP contribution in [0, 0.1) is 10.1 Å².